The molecule has 6 aromatic carbocycles. The number of rotatable bonds is 11. The molecule has 386 valence electrons. The average Bonchev–Trinajstić information content (AvgIpc) is 4.23. The standard InChI is InChI=1S/C20H25P.C19H23OP.C17H19P.C5H10.4CH3.2Fe/c1-16(2)19-14-9-15-20(19)21(17-10-5-3-6-11-17)18-12-7-4-8-13-18;1-15(20)18-13-8-14-19(18)21(16-9-4-2-5-10-16)17-11-6-3-7-12-17;1-3-9-15(10-4-1)18(17-13-7-8-14-17)16-11-5-2-6-12-16;1-2-4-5-3-1;;;;;;/h3-8,10-13,16,19-20H,9,14-15H2,1-2H3;2-7,9-12,15,18-20H,8,13-14H2,1H3;1-6,9-12,17H,7-8,13-14H2;1-5H2;4*1H3;;/q;;;;4*-1;2*+2/t;15-,18?,19?;;;;;;;;/m.1......../s1. The van der Waals surface area contributed by atoms with E-state index in [9.17, 15) is 5.11 Å². The largest absolute Gasteiger partial charge is 2.00 e. The molecule has 0 amide bonds. The summed E-state index contributed by atoms with van der Waals surface area (Å²) in [6, 6.07) is 66.5. The molecular formula is C65H89Fe2OP3. The molecule has 0 aromatic heterocycles. The molecule has 1 nitrogen and oxygen atoms in total. The number of hydrogen-bond donors (Lipinski definition) is 1. The monoisotopic (exact) mass is 1090 g/mol. The van der Waals surface area contributed by atoms with Crippen molar-refractivity contribution in [3.05, 3.63) is 212 Å². The fourth-order valence-electron chi connectivity index (χ4n) is 11.1. The number of hydrogen-bond acceptors (Lipinski definition) is 1. The third-order valence-corrected chi connectivity index (χ3v) is 23.3. The summed E-state index contributed by atoms with van der Waals surface area (Å²) in [6.45, 7) is 6.78. The molecule has 0 radical (unpaired) electrons. The van der Waals surface area contributed by atoms with Crippen LogP contribution in [-0.4, -0.2) is 28.2 Å². The third-order valence-electron chi connectivity index (χ3n) is 14.3. The normalized spacial score (nSPS) is 19.3. The van der Waals surface area contributed by atoms with Crippen molar-refractivity contribution < 1.29 is 39.2 Å². The molecule has 4 unspecified atom stereocenters. The van der Waals surface area contributed by atoms with E-state index in [1.165, 1.54) is 107 Å². The van der Waals surface area contributed by atoms with E-state index in [-0.39, 0.29) is 93.7 Å². The summed E-state index contributed by atoms with van der Waals surface area (Å²) in [7, 11) is -0.760. The molecule has 1 N–H and O–H groups in total. The maximum atomic E-state index is 10.2. The summed E-state index contributed by atoms with van der Waals surface area (Å²) < 4.78 is 0. The summed E-state index contributed by atoms with van der Waals surface area (Å²) in [5.41, 5.74) is 2.35. The van der Waals surface area contributed by atoms with E-state index in [0.717, 1.165) is 23.2 Å². The Bertz CT molecular complexity index is 1920. The Balaban J connectivity index is 0.000000487. The van der Waals surface area contributed by atoms with Crippen molar-refractivity contribution in [2.75, 3.05) is 0 Å². The van der Waals surface area contributed by atoms with Gasteiger partial charge in [-0.3, -0.25) is 0 Å². The SMILES string of the molecule is C1CCCC1.CC(C)C1CCCC1P(c1ccccc1)c1ccccc1.C[C@@H](O)C1CCCC1P(c1ccccc1)c1ccccc1.[CH3-].[CH3-].[CH3-].[CH3-].[Fe+2].[Fe+2].c1ccc(P(c2ccccc2)C2CCCC2)cc1. The van der Waals surface area contributed by atoms with Crippen molar-refractivity contribution in [1.82, 2.24) is 0 Å². The molecule has 5 atom stereocenters. The third kappa shape index (κ3) is 19.7. The maximum Gasteiger partial charge on any atom is 2.00 e. The summed E-state index contributed by atoms with van der Waals surface area (Å²) in [5.74, 6) is 2.13. The smallest absolute Gasteiger partial charge is 0.393 e. The van der Waals surface area contributed by atoms with Gasteiger partial charge in [0.05, 0.1) is 6.10 Å². The van der Waals surface area contributed by atoms with Crippen LogP contribution in [0, 0.1) is 47.5 Å². The van der Waals surface area contributed by atoms with Crippen LogP contribution >= 0.6 is 23.8 Å². The van der Waals surface area contributed by atoms with E-state index >= 15 is 0 Å². The van der Waals surface area contributed by atoms with Crippen LogP contribution in [0.25, 0.3) is 0 Å². The molecule has 4 saturated carbocycles. The minimum Gasteiger partial charge on any atom is -0.393 e. The van der Waals surface area contributed by atoms with Crippen molar-refractivity contribution in [2.45, 2.75) is 140 Å². The van der Waals surface area contributed by atoms with E-state index in [1.54, 1.807) is 21.2 Å². The van der Waals surface area contributed by atoms with Gasteiger partial charge in [-0.2, -0.15) is 0 Å². The Morgan fingerprint density at radius 2 is 0.577 bits per heavy atom. The maximum absolute atomic E-state index is 10.2. The Morgan fingerprint density at radius 1 is 0.324 bits per heavy atom. The van der Waals surface area contributed by atoms with Gasteiger partial charge in [0.15, 0.2) is 0 Å². The van der Waals surface area contributed by atoms with Gasteiger partial charge in [0, 0.05) is 0 Å². The van der Waals surface area contributed by atoms with Crippen molar-refractivity contribution in [1.29, 1.82) is 0 Å². The average molecular weight is 1090 g/mol. The molecule has 6 aromatic rings. The summed E-state index contributed by atoms with van der Waals surface area (Å²) >= 11 is 0. The number of aliphatic hydroxyl groups excluding tert-OH is 1. The molecule has 0 spiro atoms. The quantitative estimate of drug-likeness (QED) is 0.0779. The summed E-state index contributed by atoms with van der Waals surface area (Å²) in [5, 5.41) is 19.3. The van der Waals surface area contributed by atoms with E-state index < -0.39 is 0 Å². The molecule has 0 heterocycles. The molecular weight excluding hydrogens is 1000 g/mol. The Kier molecular flexibility index (Phi) is 34.3. The molecule has 4 aliphatic rings. The Hall–Kier alpha value is -2.39. The van der Waals surface area contributed by atoms with Gasteiger partial charge in [0.2, 0.25) is 0 Å². The molecule has 0 bridgehead atoms. The minimum absolute atomic E-state index is 0. The Morgan fingerprint density at radius 3 is 0.845 bits per heavy atom. The second-order valence-electron chi connectivity index (χ2n) is 19.1. The van der Waals surface area contributed by atoms with Crippen molar-refractivity contribution in [3.63, 3.8) is 0 Å². The molecule has 0 saturated heterocycles. The fraction of sp³-hybridized carbons (Fsp3) is 0.385. The second kappa shape index (κ2) is 36.5. The van der Waals surface area contributed by atoms with Gasteiger partial charge in [-0.05, 0) is 136 Å². The van der Waals surface area contributed by atoms with E-state index in [4.69, 9.17) is 0 Å². The topological polar surface area (TPSA) is 20.2 Å². The summed E-state index contributed by atoms with van der Waals surface area (Å²) in [4.78, 5) is 0. The minimum atomic E-state index is -0.384. The van der Waals surface area contributed by atoms with E-state index in [0.29, 0.717) is 11.6 Å². The zero-order valence-corrected chi connectivity index (χ0v) is 49.4. The van der Waals surface area contributed by atoms with Crippen LogP contribution < -0.4 is 31.8 Å². The zero-order chi connectivity index (χ0) is 45.1. The van der Waals surface area contributed by atoms with Gasteiger partial charge in [0.25, 0.3) is 0 Å². The first-order valence-electron chi connectivity index (χ1n) is 25.4. The van der Waals surface area contributed by atoms with Crippen LogP contribution in [0.1, 0.15) is 117 Å². The van der Waals surface area contributed by atoms with Crippen molar-refractivity contribution in [3.8, 4) is 0 Å². The van der Waals surface area contributed by atoms with Crippen LogP contribution in [-0.2, 0) is 34.1 Å². The van der Waals surface area contributed by atoms with Crippen molar-refractivity contribution in [2.24, 2.45) is 17.8 Å². The molecule has 71 heavy (non-hydrogen) atoms. The van der Waals surface area contributed by atoms with Gasteiger partial charge in [-0.1, -0.05) is 254 Å². The predicted molar refractivity (Wildman–Crippen MR) is 317 cm³/mol. The molecule has 4 aliphatic carbocycles. The van der Waals surface area contributed by atoms with Gasteiger partial charge in [0.1, 0.15) is 0 Å². The Labute approximate surface area is 461 Å². The first-order chi connectivity index (χ1) is 32.0. The van der Waals surface area contributed by atoms with Crippen LogP contribution in [0.5, 0.6) is 0 Å². The molecule has 0 aliphatic heterocycles. The van der Waals surface area contributed by atoms with Gasteiger partial charge >= 0.3 is 34.1 Å². The zero-order valence-electron chi connectivity index (χ0n) is 44.5. The number of benzene rings is 6. The molecule has 6 heteroatoms. The molecule has 4 fully saturated rings. The van der Waals surface area contributed by atoms with Crippen LogP contribution in [0.4, 0.5) is 0 Å². The van der Waals surface area contributed by atoms with Crippen molar-refractivity contribution >= 4 is 55.6 Å². The van der Waals surface area contributed by atoms with E-state index in [1.807, 2.05) is 6.92 Å². The number of aliphatic hydroxyl groups is 1. The van der Waals surface area contributed by atoms with Gasteiger partial charge in [-0.15, -0.1) is 0 Å². The van der Waals surface area contributed by atoms with Gasteiger partial charge in [-0.25, -0.2) is 0 Å². The summed E-state index contributed by atoms with van der Waals surface area (Å²) in [6.07, 6.45) is 20.8. The van der Waals surface area contributed by atoms with Crippen LogP contribution in [0.3, 0.4) is 0 Å². The van der Waals surface area contributed by atoms with Crippen LogP contribution in [0.15, 0.2) is 182 Å². The second-order valence-corrected chi connectivity index (χ2v) is 26.5. The van der Waals surface area contributed by atoms with E-state index in [2.05, 4.69) is 196 Å². The first kappa shape index (κ1) is 66.6. The van der Waals surface area contributed by atoms with Gasteiger partial charge < -0.3 is 34.8 Å². The van der Waals surface area contributed by atoms with Crippen LogP contribution in [0.2, 0.25) is 0 Å². The molecule has 10 rings (SSSR count). The first-order valence-corrected chi connectivity index (χ1v) is 29.6. The fourth-order valence-corrected chi connectivity index (χ4v) is 20.8. The predicted octanol–water partition coefficient (Wildman–Crippen LogP) is 16.4.